The quantitative estimate of drug-likeness (QED) is 0.650. The Bertz CT molecular complexity index is 449. The third-order valence-corrected chi connectivity index (χ3v) is 3.31. The number of anilines is 1. The van der Waals surface area contributed by atoms with E-state index in [0.717, 1.165) is 24.1 Å². The third-order valence-electron chi connectivity index (χ3n) is 3.31. The van der Waals surface area contributed by atoms with E-state index in [1.165, 1.54) is 0 Å². The molecule has 21 heavy (non-hydrogen) atoms. The fraction of sp³-hybridized carbons (Fsp3) is 0.562. The first-order valence-corrected chi connectivity index (χ1v) is 7.46. The van der Waals surface area contributed by atoms with Crippen molar-refractivity contribution in [1.29, 1.82) is 0 Å². The van der Waals surface area contributed by atoms with Crippen LogP contribution in [0, 0.1) is 6.92 Å². The molecule has 0 radical (unpaired) electrons. The van der Waals surface area contributed by atoms with Gasteiger partial charge in [0.05, 0.1) is 6.61 Å². The lowest BCUT2D eigenvalue weighted by Crippen LogP contribution is -2.26. The molecule has 0 aliphatic carbocycles. The predicted octanol–water partition coefficient (Wildman–Crippen LogP) is 1.91. The van der Waals surface area contributed by atoms with Gasteiger partial charge in [0.25, 0.3) is 5.91 Å². The first-order chi connectivity index (χ1) is 10.1. The van der Waals surface area contributed by atoms with Crippen molar-refractivity contribution in [3.8, 4) is 0 Å². The molecule has 1 unspecified atom stereocenters. The van der Waals surface area contributed by atoms with Crippen LogP contribution in [0.25, 0.3) is 0 Å². The van der Waals surface area contributed by atoms with Crippen molar-refractivity contribution in [2.45, 2.75) is 32.7 Å². The highest BCUT2D eigenvalue weighted by molar-refractivity contribution is 5.94. The summed E-state index contributed by atoms with van der Waals surface area (Å²) in [5.74, 6) is -0.0382. The van der Waals surface area contributed by atoms with Gasteiger partial charge in [0.15, 0.2) is 0 Å². The van der Waals surface area contributed by atoms with E-state index in [1.807, 2.05) is 32.0 Å². The van der Waals surface area contributed by atoms with Crippen LogP contribution >= 0.6 is 0 Å². The number of carbonyl (C=O) groups excluding carboxylic acids is 1. The number of hydrogen-bond acceptors (Lipinski definition) is 4. The maximum absolute atomic E-state index is 11.8. The topological polar surface area (TPSA) is 76.4 Å². The van der Waals surface area contributed by atoms with Gasteiger partial charge in [0.2, 0.25) is 0 Å². The maximum atomic E-state index is 11.8. The molecule has 0 saturated heterocycles. The van der Waals surface area contributed by atoms with E-state index < -0.39 is 0 Å². The summed E-state index contributed by atoms with van der Waals surface area (Å²) in [6.45, 7) is 5.85. The number of benzene rings is 1. The molecule has 118 valence electrons. The molecule has 0 saturated carbocycles. The zero-order valence-corrected chi connectivity index (χ0v) is 13.2. The van der Waals surface area contributed by atoms with Gasteiger partial charge in [-0.25, -0.2) is 0 Å². The Balaban J connectivity index is 2.76. The highest BCUT2D eigenvalue weighted by Crippen LogP contribution is 2.18. The summed E-state index contributed by atoms with van der Waals surface area (Å²) < 4.78 is 5.24. The molecule has 5 heteroatoms. The molecule has 0 bridgehead atoms. The number of amides is 1. The molecule has 1 atom stereocenters. The second-order valence-corrected chi connectivity index (χ2v) is 5.12. The lowest BCUT2D eigenvalue weighted by molar-refractivity contribution is 0.0956. The average molecular weight is 293 g/mol. The van der Waals surface area contributed by atoms with Crippen molar-refractivity contribution in [2.75, 3.05) is 32.1 Å². The van der Waals surface area contributed by atoms with Crippen molar-refractivity contribution in [1.82, 2.24) is 5.32 Å². The van der Waals surface area contributed by atoms with E-state index in [1.54, 1.807) is 7.11 Å². The maximum Gasteiger partial charge on any atom is 0.251 e. The molecular weight excluding hydrogens is 266 g/mol. The van der Waals surface area contributed by atoms with Crippen LogP contribution < -0.4 is 16.4 Å². The Hall–Kier alpha value is -1.59. The summed E-state index contributed by atoms with van der Waals surface area (Å²) in [6, 6.07) is 5.92. The van der Waals surface area contributed by atoms with Gasteiger partial charge in [-0.3, -0.25) is 4.79 Å². The Kier molecular flexibility index (Phi) is 7.79. The molecule has 0 aliphatic heterocycles. The normalized spacial score (nSPS) is 12.0. The van der Waals surface area contributed by atoms with Gasteiger partial charge in [-0.1, -0.05) is 0 Å². The second-order valence-electron chi connectivity index (χ2n) is 5.12. The smallest absolute Gasteiger partial charge is 0.251 e. The fourth-order valence-electron chi connectivity index (χ4n) is 2.21. The molecule has 1 aromatic carbocycles. The van der Waals surface area contributed by atoms with E-state index >= 15 is 0 Å². The number of nitrogens with two attached hydrogens (primary N) is 1. The van der Waals surface area contributed by atoms with E-state index in [9.17, 15) is 4.79 Å². The molecule has 0 aliphatic rings. The molecule has 0 heterocycles. The minimum atomic E-state index is -0.0382. The largest absolute Gasteiger partial charge is 0.383 e. The molecule has 0 spiro atoms. The third kappa shape index (κ3) is 5.73. The molecule has 5 nitrogen and oxygen atoms in total. The SMILES string of the molecule is CCNC(=O)c1ccc(NC(CCCN)COC)c(C)c1. The van der Waals surface area contributed by atoms with Gasteiger partial charge in [-0.05, 0) is 57.0 Å². The summed E-state index contributed by atoms with van der Waals surface area (Å²) in [6.07, 6.45) is 1.92. The Morgan fingerprint density at radius 3 is 2.76 bits per heavy atom. The van der Waals surface area contributed by atoms with Gasteiger partial charge in [-0.15, -0.1) is 0 Å². The second kappa shape index (κ2) is 9.37. The van der Waals surface area contributed by atoms with Crippen molar-refractivity contribution in [2.24, 2.45) is 5.73 Å². The lowest BCUT2D eigenvalue weighted by Gasteiger charge is -2.20. The molecule has 1 amide bonds. The van der Waals surface area contributed by atoms with Crippen molar-refractivity contribution >= 4 is 11.6 Å². The molecule has 0 fully saturated rings. The van der Waals surface area contributed by atoms with Gasteiger partial charge in [0.1, 0.15) is 0 Å². The van der Waals surface area contributed by atoms with E-state index in [4.69, 9.17) is 10.5 Å². The Morgan fingerprint density at radius 1 is 1.43 bits per heavy atom. The molecule has 0 aromatic heterocycles. The van der Waals surface area contributed by atoms with Crippen LogP contribution in [0.4, 0.5) is 5.69 Å². The number of methoxy groups -OCH3 is 1. The number of carbonyl (C=O) groups is 1. The molecular formula is C16H27N3O2. The number of nitrogens with one attached hydrogen (secondary N) is 2. The zero-order chi connectivity index (χ0) is 15.7. The summed E-state index contributed by atoms with van der Waals surface area (Å²) >= 11 is 0. The summed E-state index contributed by atoms with van der Waals surface area (Å²) in [5.41, 5.74) is 8.33. The number of aryl methyl sites for hydroxylation is 1. The van der Waals surface area contributed by atoms with Gasteiger partial charge < -0.3 is 21.1 Å². The van der Waals surface area contributed by atoms with Crippen molar-refractivity contribution < 1.29 is 9.53 Å². The molecule has 1 rings (SSSR count). The lowest BCUT2D eigenvalue weighted by atomic mass is 10.1. The average Bonchev–Trinajstić information content (AvgIpc) is 2.47. The minimum absolute atomic E-state index is 0.0382. The minimum Gasteiger partial charge on any atom is -0.383 e. The van der Waals surface area contributed by atoms with E-state index in [0.29, 0.717) is 25.3 Å². The molecule has 1 aromatic rings. The van der Waals surface area contributed by atoms with E-state index in [2.05, 4.69) is 10.6 Å². The summed E-state index contributed by atoms with van der Waals surface area (Å²) in [7, 11) is 1.70. The van der Waals surface area contributed by atoms with Gasteiger partial charge in [-0.2, -0.15) is 0 Å². The van der Waals surface area contributed by atoms with E-state index in [-0.39, 0.29) is 11.9 Å². The number of rotatable bonds is 9. The highest BCUT2D eigenvalue weighted by atomic mass is 16.5. The van der Waals surface area contributed by atoms with Crippen LogP contribution in [0.5, 0.6) is 0 Å². The fourth-order valence-corrected chi connectivity index (χ4v) is 2.21. The highest BCUT2D eigenvalue weighted by Gasteiger charge is 2.11. The first kappa shape index (κ1) is 17.5. The monoisotopic (exact) mass is 293 g/mol. The zero-order valence-electron chi connectivity index (χ0n) is 13.2. The summed E-state index contributed by atoms with van der Waals surface area (Å²) in [5, 5.41) is 6.27. The van der Waals surface area contributed by atoms with Crippen LogP contribution in [0.1, 0.15) is 35.7 Å². The van der Waals surface area contributed by atoms with Crippen molar-refractivity contribution in [3.05, 3.63) is 29.3 Å². The Morgan fingerprint density at radius 2 is 2.19 bits per heavy atom. The van der Waals surface area contributed by atoms with Crippen molar-refractivity contribution in [3.63, 3.8) is 0 Å². The first-order valence-electron chi connectivity index (χ1n) is 7.46. The van der Waals surface area contributed by atoms with Crippen LogP contribution in [-0.2, 0) is 4.74 Å². The summed E-state index contributed by atoms with van der Waals surface area (Å²) in [4.78, 5) is 11.8. The van der Waals surface area contributed by atoms with Crippen LogP contribution in [0.15, 0.2) is 18.2 Å². The number of hydrogen-bond donors (Lipinski definition) is 3. The standard InChI is InChI=1S/C16H27N3O2/c1-4-18-16(20)13-7-8-15(12(2)10-13)19-14(11-21-3)6-5-9-17/h7-8,10,14,19H,4-6,9,11,17H2,1-3H3,(H,18,20). The Labute approximate surface area is 127 Å². The predicted molar refractivity (Wildman–Crippen MR) is 86.8 cm³/mol. The van der Waals surface area contributed by atoms with Crippen LogP contribution in [0.2, 0.25) is 0 Å². The molecule has 4 N–H and O–H groups in total. The van der Waals surface area contributed by atoms with Gasteiger partial charge in [0, 0.05) is 30.9 Å². The van der Waals surface area contributed by atoms with Crippen LogP contribution in [-0.4, -0.2) is 38.8 Å². The van der Waals surface area contributed by atoms with Crippen LogP contribution in [0.3, 0.4) is 0 Å². The number of ether oxygens (including phenoxy) is 1. The van der Waals surface area contributed by atoms with Gasteiger partial charge >= 0.3 is 0 Å².